The number of fused-ring (bicyclic) bond motifs is 1. The lowest BCUT2D eigenvalue weighted by atomic mass is 10.2. The number of aryl methyl sites for hydroxylation is 1. The van der Waals surface area contributed by atoms with Crippen LogP contribution in [0.3, 0.4) is 0 Å². The van der Waals surface area contributed by atoms with Crippen LogP contribution in [0.15, 0.2) is 47.3 Å². The lowest BCUT2D eigenvalue weighted by Gasteiger charge is -2.07. The minimum Gasteiger partial charge on any atom is -0.464 e. The van der Waals surface area contributed by atoms with E-state index < -0.39 is 29.0 Å². The standard InChI is InChI=1S/C19H17ClN4O6/c20-13-7-6-12(10-16(13)24(28)29)18(26)21-11-17(25)30-9-3-8-23-15-5-2-1-4-14(15)22-19(23)27/h1-2,4-7,10H,3,8-9,11H2,(H,21,26)(H,22,27). The molecule has 0 aliphatic carbocycles. The highest BCUT2D eigenvalue weighted by molar-refractivity contribution is 6.32. The van der Waals surface area contributed by atoms with Gasteiger partial charge < -0.3 is 15.0 Å². The molecule has 0 saturated heterocycles. The Morgan fingerprint density at radius 2 is 2.00 bits per heavy atom. The SMILES string of the molecule is O=C(CNC(=O)c1ccc(Cl)c([N+](=O)[O-])c1)OCCCn1c(=O)[nH]c2ccccc21. The number of carbonyl (C=O) groups excluding carboxylic acids is 2. The van der Waals surface area contributed by atoms with Gasteiger partial charge in [0.25, 0.3) is 11.6 Å². The summed E-state index contributed by atoms with van der Waals surface area (Å²) in [7, 11) is 0. The van der Waals surface area contributed by atoms with E-state index in [4.69, 9.17) is 16.3 Å². The lowest BCUT2D eigenvalue weighted by Crippen LogP contribution is -2.31. The fraction of sp³-hybridized carbons (Fsp3) is 0.211. The first-order valence-electron chi connectivity index (χ1n) is 8.92. The monoisotopic (exact) mass is 432 g/mol. The van der Waals surface area contributed by atoms with Gasteiger partial charge in [-0.05, 0) is 30.7 Å². The molecule has 2 N–H and O–H groups in total. The van der Waals surface area contributed by atoms with E-state index in [0.29, 0.717) is 13.0 Å². The van der Waals surface area contributed by atoms with Crippen molar-refractivity contribution in [2.24, 2.45) is 0 Å². The van der Waals surface area contributed by atoms with E-state index in [9.17, 15) is 24.5 Å². The Hall–Kier alpha value is -3.66. The van der Waals surface area contributed by atoms with Crippen molar-refractivity contribution in [2.75, 3.05) is 13.2 Å². The zero-order chi connectivity index (χ0) is 21.7. The number of aromatic nitrogens is 2. The number of benzene rings is 2. The lowest BCUT2D eigenvalue weighted by molar-refractivity contribution is -0.384. The number of nitrogens with zero attached hydrogens (tertiary/aromatic N) is 2. The van der Waals surface area contributed by atoms with Gasteiger partial charge in [-0.25, -0.2) is 4.79 Å². The number of rotatable bonds is 8. The van der Waals surface area contributed by atoms with Gasteiger partial charge >= 0.3 is 11.7 Å². The van der Waals surface area contributed by atoms with Gasteiger partial charge in [-0.1, -0.05) is 23.7 Å². The molecule has 1 heterocycles. The number of nitrogens with one attached hydrogen (secondary N) is 2. The topological polar surface area (TPSA) is 136 Å². The maximum atomic E-state index is 12.1. The van der Waals surface area contributed by atoms with Crippen molar-refractivity contribution in [3.8, 4) is 0 Å². The number of nitro benzene ring substituents is 1. The highest BCUT2D eigenvalue weighted by Gasteiger charge is 2.17. The molecule has 2 aromatic carbocycles. The van der Waals surface area contributed by atoms with Gasteiger partial charge in [-0.2, -0.15) is 0 Å². The highest BCUT2D eigenvalue weighted by atomic mass is 35.5. The zero-order valence-corrected chi connectivity index (χ0v) is 16.3. The van der Waals surface area contributed by atoms with E-state index in [1.54, 1.807) is 10.6 Å². The molecule has 3 rings (SSSR count). The molecule has 0 atom stereocenters. The highest BCUT2D eigenvalue weighted by Crippen LogP contribution is 2.24. The Balaban J connectivity index is 1.45. The summed E-state index contributed by atoms with van der Waals surface area (Å²) in [5.41, 5.74) is 0.840. The molecule has 0 spiro atoms. The van der Waals surface area contributed by atoms with E-state index in [1.165, 1.54) is 12.1 Å². The summed E-state index contributed by atoms with van der Waals surface area (Å²) >= 11 is 5.70. The van der Waals surface area contributed by atoms with Crippen LogP contribution in [0.5, 0.6) is 0 Å². The predicted octanol–water partition coefficient (Wildman–Crippen LogP) is 2.25. The number of esters is 1. The number of hydrogen-bond acceptors (Lipinski definition) is 6. The van der Waals surface area contributed by atoms with Gasteiger partial charge in [0.15, 0.2) is 0 Å². The predicted molar refractivity (Wildman–Crippen MR) is 109 cm³/mol. The summed E-state index contributed by atoms with van der Waals surface area (Å²) < 4.78 is 6.60. The molecule has 0 radical (unpaired) electrons. The van der Waals surface area contributed by atoms with E-state index >= 15 is 0 Å². The molecule has 3 aromatic rings. The Morgan fingerprint density at radius 3 is 2.77 bits per heavy atom. The number of carbonyl (C=O) groups is 2. The molecular formula is C19H17ClN4O6. The Labute approximate surface area is 174 Å². The number of nitro groups is 1. The molecule has 30 heavy (non-hydrogen) atoms. The summed E-state index contributed by atoms with van der Waals surface area (Å²) in [6, 6.07) is 10.8. The third kappa shape index (κ3) is 4.84. The molecule has 0 fully saturated rings. The molecule has 0 bridgehead atoms. The number of hydrogen-bond donors (Lipinski definition) is 2. The average molecular weight is 433 g/mol. The molecule has 10 nitrogen and oxygen atoms in total. The van der Waals surface area contributed by atoms with Crippen LogP contribution in [0.1, 0.15) is 16.8 Å². The molecule has 1 aromatic heterocycles. The number of para-hydroxylation sites is 2. The second-order valence-electron chi connectivity index (χ2n) is 6.28. The van der Waals surface area contributed by atoms with Crippen LogP contribution < -0.4 is 11.0 Å². The first-order chi connectivity index (χ1) is 14.4. The van der Waals surface area contributed by atoms with Crippen LogP contribution in [0.25, 0.3) is 11.0 Å². The summed E-state index contributed by atoms with van der Waals surface area (Å²) in [6.07, 6.45) is 0.408. The molecule has 0 saturated carbocycles. The number of amides is 1. The summed E-state index contributed by atoms with van der Waals surface area (Å²) in [5.74, 6) is -1.34. The maximum absolute atomic E-state index is 12.1. The van der Waals surface area contributed by atoms with Crippen molar-refractivity contribution in [3.05, 3.63) is 73.6 Å². The number of halogens is 1. The maximum Gasteiger partial charge on any atom is 0.326 e. The van der Waals surface area contributed by atoms with Crippen molar-refractivity contribution in [1.82, 2.24) is 14.9 Å². The van der Waals surface area contributed by atoms with Gasteiger partial charge in [-0.3, -0.25) is 24.3 Å². The second-order valence-corrected chi connectivity index (χ2v) is 6.69. The van der Waals surface area contributed by atoms with Gasteiger partial charge in [0, 0.05) is 18.2 Å². The Bertz CT molecular complexity index is 1170. The van der Waals surface area contributed by atoms with Gasteiger partial charge in [0.1, 0.15) is 11.6 Å². The van der Waals surface area contributed by atoms with Crippen LogP contribution in [-0.4, -0.2) is 39.5 Å². The first kappa shape index (κ1) is 21.1. The summed E-state index contributed by atoms with van der Waals surface area (Å²) in [4.78, 5) is 48.8. The molecular weight excluding hydrogens is 416 g/mol. The first-order valence-corrected chi connectivity index (χ1v) is 9.30. The Kier molecular flexibility index (Phi) is 6.48. The summed E-state index contributed by atoms with van der Waals surface area (Å²) in [6.45, 7) is 0.0201. The second kappa shape index (κ2) is 9.23. The van der Waals surface area contributed by atoms with E-state index in [-0.39, 0.29) is 22.9 Å². The van der Waals surface area contributed by atoms with Crippen LogP contribution in [-0.2, 0) is 16.1 Å². The number of ether oxygens (including phenoxy) is 1. The molecule has 0 unspecified atom stereocenters. The van der Waals surface area contributed by atoms with Crippen molar-refractivity contribution in [2.45, 2.75) is 13.0 Å². The van der Waals surface area contributed by atoms with Crippen molar-refractivity contribution >= 4 is 40.2 Å². The fourth-order valence-corrected chi connectivity index (χ4v) is 3.02. The van der Waals surface area contributed by atoms with Crippen molar-refractivity contribution in [1.29, 1.82) is 0 Å². The third-order valence-electron chi connectivity index (χ3n) is 4.27. The molecule has 156 valence electrons. The number of aromatic amines is 1. The van der Waals surface area contributed by atoms with Crippen LogP contribution in [0.4, 0.5) is 5.69 Å². The van der Waals surface area contributed by atoms with Crippen molar-refractivity contribution < 1.29 is 19.2 Å². The van der Waals surface area contributed by atoms with Gasteiger partial charge in [-0.15, -0.1) is 0 Å². The molecule has 11 heteroatoms. The minimum absolute atomic E-state index is 0.00221. The molecule has 1 amide bonds. The van der Waals surface area contributed by atoms with Crippen LogP contribution >= 0.6 is 11.6 Å². The third-order valence-corrected chi connectivity index (χ3v) is 4.59. The number of imidazole rings is 1. The quantitative estimate of drug-likeness (QED) is 0.242. The fourth-order valence-electron chi connectivity index (χ4n) is 2.84. The van der Waals surface area contributed by atoms with Crippen LogP contribution in [0, 0.1) is 10.1 Å². The summed E-state index contributed by atoms with van der Waals surface area (Å²) in [5, 5.41) is 13.1. The normalized spacial score (nSPS) is 10.7. The van der Waals surface area contributed by atoms with Gasteiger partial charge in [0.05, 0.1) is 22.6 Å². The van der Waals surface area contributed by atoms with Gasteiger partial charge in [0.2, 0.25) is 0 Å². The largest absolute Gasteiger partial charge is 0.464 e. The minimum atomic E-state index is -0.702. The Morgan fingerprint density at radius 1 is 1.23 bits per heavy atom. The van der Waals surface area contributed by atoms with E-state index in [0.717, 1.165) is 17.1 Å². The van der Waals surface area contributed by atoms with Crippen LogP contribution in [0.2, 0.25) is 5.02 Å². The smallest absolute Gasteiger partial charge is 0.326 e. The van der Waals surface area contributed by atoms with E-state index in [2.05, 4.69) is 10.3 Å². The average Bonchev–Trinajstić information content (AvgIpc) is 3.04. The molecule has 0 aliphatic heterocycles. The zero-order valence-electron chi connectivity index (χ0n) is 15.6. The molecule has 0 aliphatic rings. The van der Waals surface area contributed by atoms with Crippen molar-refractivity contribution in [3.63, 3.8) is 0 Å². The number of H-pyrrole nitrogens is 1. The van der Waals surface area contributed by atoms with E-state index in [1.807, 2.05) is 18.2 Å².